The van der Waals surface area contributed by atoms with E-state index in [1.54, 1.807) is 18.7 Å². The van der Waals surface area contributed by atoms with Crippen LogP contribution in [0.25, 0.3) is 0 Å². The van der Waals surface area contributed by atoms with Crippen molar-refractivity contribution < 1.29 is 9.32 Å². The highest BCUT2D eigenvalue weighted by Crippen LogP contribution is 2.22. The van der Waals surface area contributed by atoms with Crippen LogP contribution < -0.4 is 5.32 Å². The van der Waals surface area contributed by atoms with Gasteiger partial charge < -0.3 is 9.42 Å². The first-order valence-corrected chi connectivity index (χ1v) is 8.27. The summed E-state index contributed by atoms with van der Waals surface area (Å²) in [6.45, 7) is 3.50. The second-order valence-corrected chi connectivity index (χ2v) is 6.53. The Bertz CT molecular complexity index is 473. The maximum Gasteiger partial charge on any atom is 0.240 e. The smallest absolute Gasteiger partial charge is 0.240 e. The number of rotatable bonds is 3. The molecule has 0 bridgehead atoms. The summed E-state index contributed by atoms with van der Waals surface area (Å²) in [6, 6.07) is 0.00571. The third kappa shape index (κ3) is 3.15. The maximum absolute atomic E-state index is 12.4. The van der Waals surface area contributed by atoms with E-state index in [-0.39, 0.29) is 11.9 Å². The van der Waals surface area contributed by atoms with E-state index in [0.29, 0.717) is 11.8 Å². The summed E-state index contributed by atoms with van der Waals surface area (Å²) < 4.78 is 5.01. The standard InChI is InChI=1S/C13H20N4O2S/c1-9-15-12(16-19-9)5-10-3-2-4-17(6-10)13(18)11-7-20-8-14-11/h10-11,14H,2-8H2,1H3/t10-,11-/m0/s1. The zero-order valence-corrected chi connectivity index (χ0v) is 12.5. The van der Waals surface area contributed by atoms with E-state index in [1.807, 2.05) is 4.90 Å². The van der Waals surface area contributed by atoms with Crippen LogP contribution in [-0.4, -0.2) is 51.7 Å². The van der Waals surface area contributed by atoms with Crippen molar-refractivity contribution in [3.05, 3.63) is 11.7 Å². The molecule has 0 spiro atoms. The van der Waals surface area contributed by atoms with Gasteiger partial charge in [-0.25, -0.2) is 0 Å². The van der Waals surface area contributed by atoms with Crippen molar-refractivity contribution in [3.8, 4) is 0 Å². The Morgan fingerprint density at radius 1 is 1.60 bits per heavy atom. The van der Waals surface area contributed by atoms with Gasteiger partial charge >= 0.3 is 0 Å². The molecule has 0 saturated carbocycles. The number of nitrogens with one attached hydrogen (secondary N) is 1. The van der Waals surface area contributed by atoms with Gasteiger partial charge in [-0.1, -0.05) is 5.16 Å². The maximum atomic E-state index is 12.4. The molecular weight excluding hydrogens is 276 g/mol. The third-order valence-corrected chi connectivity index (χ3v) is 4.83. The molecule has 6 nitrogen and oxygen atoms in total. The Morgan fingerprint density at radius 3 is 3.20 bits per heavy atom. The number of hydrogen-bond acceptors (Lipinski definition) is 6. The normalized spacial score (nSPS) is 26.9. The van der Waals surface area contributed by atoms with Crippen LogP contribution in [0.2, 0.25) is 0 Å². The van der Waals surface area contributed by atoms with E-state index < -0.39 is 0 Å². The molecule has 2 atom stereocenters. The van der Waals surface area contributed by atoms with Crippen LogP contribution in [0.1, 0.15) is 24.6 Å². The zero-order valence-electron chi connectivity index (χ0n) is 11.7. The molecule has 0 aliphatic carbocycles. The number of hydrogen-bond donors (Lipinski definition) is 1. The van der Waals surface area contributed by atoms with Crippen molar-refractivity contribution in [2.45, 2.75) is 32.2 Å². The highest BCUT2D eigenvalue weighted by Gasteiger charge is 2.31. The van der Waals surface area contributed by atoms with E-state index in [2.05, 4.69) is 15.5 Å². The van der Waals surface area contributed by atoms with Crippen LogP contribution in [-0.2, 0) is 11.2 Å². The summed E-state index contributed by atoms with van der Waals surface area (Å²) in [4.78, 5) is 18.7. The molecule has 0 radical (unpaired) electrons. The Labute approximate surface area is 122 Å². The Balaban J connectivity index is 1.57. The van der Waals surface area contributed by atoms with Gasteiger partial charge in [0.05, 0.1) is 6.04 Å². The van der Waals surface area contributed by atoms with Crippen molar-refractivity contribution in [1.29, 1.82) is 0 Å². The van der Waals surface area contributed by atoms with Gasteiger partial charge in [0.2, 0.25) is 11.8 Å². The number of amides is 1. The average molecular weight is 296 g/mol. The van der Waals surface area contributed by atoms with Gasteiger partial charge in [-0.05, 0) is 18.8 Å². The lowest BCUT2D eigenvalue weighted by molar-refractivity contribution is -0.134. The summed E-state index contributed by atoms with van der Waals surface area (Å²) in [5.41, 5.74) is 0. The molecule has 2 aliphatic heterocycles. The lowest BCUT2D eigenvalue weighted by Gasteiger charge is -2.33. The van der Waals surface area contributed by atoms with E-state index in [0.717, 1.165) is 49.8 Å². The SMILES string of the molecule is Cc1nc(C[C@@H]2CCCN(C(=O)[C@@H]3CSCN3)C2)no1. The first-order chi connectivity index (χ1) is 9.72. The lowest BCUT2D eigenvalue weighted by Crippen LogP contribution is -2.49. The van der Waals surface area contributed by atoms with Gasteiger partial charge in [-0.15, -0.1) is 11.8 Å². The molecule has 0 unspecified atom stereocenters. The lowest BCUT2D eigenvalue weighted by atomic mass is 9.94. The first kappa shape index (κ1) is 13.9. The van der Waals surface area contributed by atoms with Gasteiger partial charge in [0, 0.05) is 38.1 Å². The number of likely N-dealkylation sites (tertiary alicyclic amines) is 1. The van der Waals surface area contributed by atoms with Crippen LogP contribution in [0.4, 0.5) is 0 Å². The molecule has 1 amide bonds. The highest BCUT2D eigenvalue weighted by atomic mass is 32.2. The van der Waals surface area contributed by atoms with Gasteiger partial charge in [-0.2, -0.15) is 4.98 Å². The molecule has 20 heavy (non-hydrogen) atoms. The minimum Gasteiger partial charge on any atom is -0.341 e. The minimum atomic E-state index is 0.00571. The number of aryl methyl sites for hydroxylation is 1. The monoisotopic (exact) mass is 296 g/mol. The molecule has 110 valence electrons. The molecule has 3 rings (SSSR count). The molecule has 1 aromatic heterocycles. The molecule has 0 aromatic carbocycles. The van der Waals surface area contributed by atoms with Gasteiger partial charge in [0.15, 0.2) is 5.82 Å². The topological polar surface area (TPSA) is 71.3 Å². The Morgan fingerprint density at radius 2 is 2.50 bits per heavy atom. The van der Waals surface area contributed by atoms with E-state index in [4.69, 9.17) is 4.52 Å². The number of piperidine rings is 1. The van der Waals surface area contributed by atoms with Crippen molar-refractivity contribution in [2.24, 2.45) is 5.92 Å². The van der Waals surface area contributed by atoms with Gasteiger partial charge in [-0.3, -0.25) is 10.1 Å². The van der Waals surface area contributed by atoms with Crippen molar-refractivity contribution in [3.63, 3.8) is 0 Å². The quantitative estimate of drug-likeness (QED) is 0.890. The number of carbonyl (C=O) groups excluding carboxylic acids is 1. The van der Waals surface area contributed by atoms with E-state index in [9.17, 15) is 4.79 Å². The molecular formula is C13H20N4O2S. The summed E-state index contributed by atoms with van der Waals surface area (Å²) >= 11 is 1.79. The average Bonchev–Trinajstić information content (AvgIpc) is 3.10. The highest BCUT2D eigenvalue weighted by molar-refractivity contribution is 7.99. The van der Waals surface area contributed by atoms with E-state index >= 15 is 0 Å². The number of nitrogens with zero attached hydrogens (tertiary/aromatic N) is 3. The van der Waals surface area contributed by atoms with Crippen LogP contribution in [0.15, 0.2) is 4.52 Å². The molecule has 2 fully saturated rings. The zero-order chi connectivity index (χ0) is 13.9. The second-order valence-electron chi connectivity index (χ2n) is 5.50. The summed E-state index contributed by atoms with van der Waals surface area (Å²) in [5, 5.41) is 7.21. The van der Waals surface area contributed by atoms with E-state index in [1.165, 1.54) is 0 Å². The predicted octanol–water partition coefficient (Wildman–Crippen LogP) is 0.822. The number of carbonyl (C=O) groups is 1. The molecule has 2 aliphatic rings. The number of thioether (sulfide) groups is 1. The minimum absolute atomic E-state index is 0.00571. The van der Waals surface area contributed by atoms with Gasteiger partial charge in [0.25, 0.3) is 0 Å². The fourth-order valence-corrected chi connectivity index (χ4v) is 3.82. The molecule has 1 aromatic rings. The van der Waals surface area contributed by atoms with Crippen molar-refractivity contribution >= 4 is 17.7 Å². The summed E-state index contributed by atoms with van der Waals surface area (Å²) in [5.74, 6) is 3.84. The first-order valence-electron chi connectivity index (χ1n) is 7.11. The Hall–Kier alpha value is -1.08. The molecule has 2 saturated heterocycles. The van der Waals surface area contributed by atoms with Gasteiger partial charge in [0.1, 0.15) is 0 Å². The molecule has 1 N–H and O–H groups in total. The van der Waals surface area contributed by atoms with Crippen LogP contribution in [0.3, 0.4) is 0 Å². The van der Waals surface area contributed by atoms with Crippen LogP contribution >= 0.6 is 11.8 Å². The fraction of sp³-hybridized carbons (Fsp3) is 0.769. The summed E-state index contributed by atoms with van der Waals surface area (Å²) in [6.07, 6.45) is 2.99. The third-order valence-electron chi connectivity index (χ3n) is 3.89. The fourth-order valence-electron chi connectivity index (χ4n) is 2.89. The van der Waals surface area contributed by atoms with Crippen LogP contribution in [0, 0.1) is 12.8 Å². The molecule has 3 heterocycles. The summed E-state index contributed by atoms with van der Waals surface area (Å²) in [7, 11) is 0. The Kier molecular flexibility index (Phi) is 4.26. The molecule has 7 heteroatoms. The second kappa shape index (κ2) is 6.13. The van der Waals surface area contributed by atoms with Crippen LogP contribution in [0.5, 0.6) is 0 Å². The number of aromatic nitrogens is 2. The van der Waals surface area contributed by atoms with Crippen molar-refractivity contribution in [1.82, 2.24) is 20.4 Å². The van der Waals surface area contributed by atoms with Crippen molar-refractivity contribution in [2.75, 3.05) is 24.7 Å². The predicted molar refractivity (Wildman–Crippen MR) is 76.3 cm³/mol. The largest absolute Gasteiger partial charge is 0.341 e.